The van der Waals surface area contributed by atoms with Crippen LogP contribution in [0.4, 0.5) is 0 Å². The average Bonchev–Trinajstić information content (AvgIpc) is 3.33. The highest BCUT2D eigenvalue weighted by molar-refractivity contribution is 7.21. The molecule has 1 atom stereocenters. The quantitative estimate of drug-likeness (QED) is 0.628. The van der Waals surface area contributed by atoms with Gasteiger partial charge in [-0.3, -0.25) is 9.59 Å². The second-order valence-electron chi connectivity index (χ2n) is 7.11. The highest BCUT2D eigenvalue weighted by Gasteiger charge is 2.27. The molecule has 0 saturated heterocycles. The van der Waals surface area contributed by atoms with Crippen LogP contribution >= 0.6 is 11.3 Å². The molecule has 150 valence electrons. The average molecular weight is 410 g/mol. The number of ether oxygens (including phenoxy) is 2. The summed E-state index contributed by atoms with van der Waals surface area (Å²) >= 11 is 1.65. The van der Waals surface area contributed by atoms with Crippen molar-refractivity contribution in [3.8, 4) is 16.3 Å². The maximum atomic E-state index is 12.0. The summed E-state index contributed by atoms with van der Waals surface area (Å²) in [6, 6.07) is 12.3. The zero-order valence-corrected chi connectivity index (χ0v) is 17.2. The van der Waals surface area contributed by atoms with E-state index in [4.69, 9.17) is 9.72 Å². The highest BCUT2D eigenvalue weighted by atomic mass is 32.1. The lowest BCUT2D eigenvalue weighted by molar-refractivity contribution is -0.142. The van der Waals surface area contributed by atoms with Crippen LogP contribution in [-0.4, -0.2) is 36.6 Å². The molecule has 4 rings (SSSR count). The molecule has 7 heteroatoms. The Morgan fingerprint density at radius 2 is 2.10 bits per heavy atom. The summed E-state index contributed by atoms with van der Waals surface area (Å²) in [6.45, 7) is 2.46. The third-order valence-corrected chi connectivity index (χ3v) is 5.95. The second-order valence-corrected chi connectivity index (χ2v) is 8.14. The molecule has 1 aliphatic rings. The van der Waals surface area contributed by atoms with E-state index in [1.165, 1.54) is 7.11 Å². The molecule has 1 unspecified atom stereocenters. The van der Waals surface area contributed by atoms with E-state index in [9.17, 15) is 9.59 Å². The number of benzene rings is 2. The first-order chi connectivity index (χ1) is 14.0. The van der Waals surface area contributed by atoms with Gasteiger partial charge in [0.1, 0.15) is 16.9 Å². The lowest BCUT2D eigenvalue weighted by atomic mass is 10.0. The van der Waals surface area contributed by atoms with Crippen molar-refractivity contribution in [3.63, 3.8) is 0 Å². The Morgan fingerprint density at radius 1 is 1.28 bits per heavy atom. The van der Waals surface area contributed by atoms with Gasteiger partial charge >= 0.3 is 5.97 Å². The fourth-order valence-electron chi connectivity index (χ4n) is 3.49. The van der Waals surface area contributed by atoms with Crippen LogP contribution in [0.25, 0.3) is 20.8 Å². The number of fused-ring (bicyclic) bond motifs is 2. The van der Waals surface area contributed by atoms with E-state index in [-0.39, 0.29) is 30.8 Å². The number of amides is 1. The van der Waals surface area contributed by atoms with Gasteiger partial charge in [0.2, 0.25) is 5.91 Å². The van der Waals surface area contributed by atoms with E-state index in [0.29, 0.717) is 6.54 Å². The van der Waals surface area contributed by atoms with Crippen LogP contribution in [0.5, 0.6) is 5.75 Å². The molecule has 1 aromatic heterocycles. The van der Waals surface area contributed by atoms with E-state index < -0.39 is 0 Å². The van der Waals surface area contributed by atoms with Crippen LogP contribution in [-0.2, 0) is 20.7 Å². The van der Waals surface area contributed by atoms with Crippen LogP contribution in [0, 0.1) is 6.92 Å². The Hall–Kier alpha value is -2.93. The second kappa shape index (κ2) is 8.21. The van der Waals surface area contributed by atoms with Crippen LogP contribution < -0.4 is 10.1 Å². The Bertz CT molecular complexity index is 1040. The predicted molar refractivity (Wildman–Crippen MR) is 112 cm³/mol. The summed E-state index contributed by atoms with van der Waals surface area (Å²) in [5.74, 6) is 0.279. The van der Waals surface area contributed by atoms with Crippen molar-refractivity contribution in [2.75, 3.05) is 13.7 Å². The summed E-state index contributed by atoms with van der Waals surface area (Å²) < 4.78 is 11.9. The summed E-state index contributed by atoms with van der Waals surface area (Å²) in [4.78, 5) is 27.9. The SMILES string of the molecule is COC(=O)CCC(=O)NCC1Cc2cc(C)cc(-c3nc4ccccc4s3)c2O1. The topological polar surface area (TPSA) is 77.5 Å². The van der Waals surface area contributed by atoms with Gasteiger partial charge < -0.3 is 14.8 Å². The molecular formula is C22H22N2O4S. The van der Waals surface area contributed by atoms with E-state index >= 15 is 0 Å². The van der Waals surface area contributed by atoms with Crippen molar-refractivity contribution in [2.45, 2.75) is 32.3 Å². The molecule has 0 aliphatic carbocycles. The smallest absolute Gasteiger partial charge is 0.306 e. The minimum absolute atomic E-state index is 0.0784. The lowest BCUT2D eigenvalue weighted by Crippen LogP contribution is -2.34. The number of nitrogens with zero attached hydrogens (tertiary/aromatic N) is 1. The first-order valence-corrected chi connectivity index (χ1v) is 10.3. The van der Waals surface area contributed by atoms with E-state index in [1.54, 1.807) is 11.3 Å². The number of rotatable bonds is 6. The molecule has 1 N–H and O–H groups in total. The summed E-state index contributed by atoms with van der Waals surface area (Å²) in [6.07, 6.45) is 0.783. The van der Waals surface area contributed by atoms with Crippen molar-refractivity contribution in [1.29, 1.82) is 0 Å². The highest BCUT2D eigenvalue weighted by Crippen LogP contribution is 2.42. The largest absolute Gasteiger partial charge is 0.487 e. The van der Waals surface area contributed by atoms with Gasteiger partial charge in [0.15, 0.2) is 0 Å². The van der Waals surface area contributed by atoms with Crippen molar-refractivity contribution in [3.05, 3.63) is 47.5 Å². The Balaban J connectivity index is 1.47. The van der Waals surface area contributed by atoms with Crippen molar-refractivity contribution in [2.24, 2.45) is 0 Å². The lowest BCUT2D eigenvalue weighted by Gasteiger charge is -2.13. The number of carbonyl (C=O) groups excluding carboxylic acids is 2. The van der Waals surface area contributed by atoms with Gasteiger partial charge in [0, 0.05) is 12.8 Å². The summed E-state index contributed by atoms with van der Waals surface area (Å²) in [7, 11) is 1.31. The maximum Gasteiger partial charge on any atom is 0.306 e. The summed E-state index contributed by atoms with van der Waals surface area (Å²) in [5.41, 5.74) is 4.27. The van der Waals surface area contributed by atoms with Crippen LogP contribution in [0.15, 0.2) is 36.4 Å². The number of esters is 1. The number of hydrogen-bond donors (Lipinski definition) is 1. The zero-order valence-electron chi connectivity index (χ0n) is 16.4. The molecule has 0 fully saturated rings. The Morgan fingerprint density at radius 3 is 2.90 bits per heavy atom. The third-order valence-electron chi connectivity index (χ3n) is 4.88. The molecule has 6 nitrogen and oxygen atoms in total. The van der Waals surface area contributed by atoms with Gasteiger partial charge in [-0.05, 0) is 36.2 Å². The maximum absolute atomic E-state index is 12.0. The van der Waals surface area contributed by atoms with Crippen molar-refractivity contribution in [1.82, 2.24) is 10.3 Å². The summed E-state index contributed by atoms with van der Waals surface area (Å²) in [5, 5.41) is 3.79. The first-order valence-electron chi connectivity index (χ1n) is 9.53. The number of carbonyl (C=O) groups is 2. The molecule has 0 spiro atoms. The molecule has 29 heavy (non-hydrogen) atoms. The van der Waals surface area contributed by atoms with Gasteiger partial charge in [-0.15, -0.1) is 11.3 Å². The number of hydrogen-bond acceptors (Lipinski definition) is 6. The van der Waals surface area contributed by atoms with Gasteiger partial charge in [0.05, 0.1) is 35.9 Å². The number of para-hydroxylation sites is 1. The van der Waals surface area contributed by atoms with Crippen LogP contribution in [0.3, 0.4) is 0 Å². The Labute approximate surface area is 172 Å². The van der Waals surface area contributed by atoms with Crippen molar-refractivity contribution < 1.29 is 19.1 Å². The monoisotopic (exact) mass is 410 g/mol. The molecule has 1 aliphatic heterocycles. The van der Waals surface area contributed by atoms with Gasteiger partial charge in [-0.25, -0.2) is 4.98 Å². The minimum Gasteiger partial charge on any atom is -0.487 e. The van der Waals surface area contributed by atoms with Crippen molar-refractivity contribution >= 4 is 33.4 Å². The molecule has 2 aromatic carbocycles. The molecule has 3 aromatic rings. The number of thiazole rings is 1. The number of methoxy groups -OCH3 is 1. The predicted octanol–water partition coefficient (Wildman–Crippen LogP) is 3.64. The van der Waals surface area contributed by atoms with Gasteiger partial charge in [-0.2, -0.15) is 0 Å². The Kier molecular flexibility index (Phi) is 5.49. The fourth-order valence-corrected chi connectivity index (χ4v) is 4.47. The van der Waals surface area contributed by atoms with E-state index in [1.807, 2.05) is 18.2 Å². The molecular weight excluding hydrogens is 388 g/mol. The molecule has 0 saturated carbocycles. The van der Waals surface area contributed by atoms with E-state index in [2.05, 4.69) is 35.2 Å². The minimum atomic E-state index is -0.388. The van der Waals surface area contributed by atoms with Crippen LogP contribution in [0.2, 0.25) is 0 Å². The number of aryl methyl sites for hydroxylation is 1. The van der Waals surface area contributed by atoms with Gasteiger partial charge in [0.25, 0.3) is 0 Å². The molecule has 1 amide bonds. The molecule has 0 radical (unpaired) electrons. The number of aromatic nitrogens is 1. The van der Waals surface area contributed by atoms with Crippen LogP contribution in [0.1, 0.15) is 24.0 Å². The fraction of sp³-hybridized carbons (Fsp3) is 0.318. The standard InChI is InChI=1S/C22H22N2O4S/c1-13-9-14-11-15(12-23-19(25)7-8-20(26)27-2)28-21(14)16(10-13)22-24-17-5-3-4-6-18(17)29-22/h3-6,9-10,15H,7-8,11-12H2,1-2H3,(H,23,25). The third kappa shape index (κ3) is 4.24. The van der Waals surface area contributed by atoms with E-state index in [0.717, 1.165) is 44.1 Å². The first kappa shape index (κ1) is 19.4. The zero-order chi connectivity index (χ0) is 20.4. The molecule has 2 heterocycles. The normalized spacial score (nSPS) is 15.0. The number of nitrogens with one attached hydrogen (secondary N) is 1. The van der Waals surface area contributed by atoms with Gasteiger partial charge in [-0.1, -0.05) is 18.2 Å². The molecule has 0 bridgehead atoms.